The van der Waals surface area contributed by atoms with Crippen molar-refractivity contribution in [3.8, 4) is 0 Å². The Morgan fingerprint density at radius 3 is 2.67 bits per heavy atom. The molecule has 2 aromatic carbocycles. The zero-order valence-electron chi connectivity index (χ0n) is 12.4. The van der Waals surface area contributed by atoms with Gasteiger partial charge in [0.15, 0.2) is 0 Å². The summed E-state index contributed by atoms with van der Waals surface area (Å²) in [4.78, 5) is 3.43. The average Bonchev–Trinajstić information content (AvgIpc) is 2.87. The summed E-state index contributed by atoms with van der Waals surface area (Å²) < 4.78 is 0. The number of nitrogens with one attached hydrogen (secondary N) is 1. The summed E-state index contributed by atoms with van der Waals surface area (Å²) in [5.74, 6) is 0.872. The van der Waals surface area contributed by atoms with Crippen LogP contribution in [-0.4, -0.2) is 10.7 Å². The van der Waals surface area contributed by atoms with E-state index in [9.17, 15) is 0 Å². The van der Waals surface area contributed by atoms with Gasteiger partial charge in [-0.1, -0.05) is 42.0 Å². The van der Waals surface area contributed by atoms with Crippen LogP contribution in [0.25, 0.3) is 10.9 Å². The van der Waals surface area contributed by atoms with Gasteiger partial charge in [0.25, 0.3) is 0 Å². The minimum absolute atomic E-state index is 0.0574. The molecule has 0 bridgehead atoms. The topological polar surface area (TPSA) is 41.8 Å². The third-order valence-corrected chi connectivity index (χ3v) is 4.81. The zero-order valence-corrected chi connectivity index (χ0v) is 13.2. The number of hydrogen-bond donors (Lipinski definition) is 2. The minimum atomic E-state index is 0.0574. The summed E-state index contributed by atoms with van der Waals surface area (Å²) in [7, 11) is 0. The van der Waals surface area contributed by atoms with E-state index in [1.165, 1.54) is 32.6 Å². The van der Waals surface area contributed by atoms with Crippen LogP contribution in [0.15, 0.2) is 53.6 Å². The third kappa shape index (κ3) is 3.14. The Hall–Kier alpha value is -1.71. The summed E-state index contributed by atoms with van der Waals surface area (Å²) in [5.41, 5.74) is 11.3. The molecule has 0 spiro atoms. The van der Waals surface area contributed by atoms with Gasteiger partial charge in [0, 0.05) is 22.7 Å². The molecule has 0 fully saturated rings. The second-order valence-electron chi connectivity index (χ2n) is 5.50. The molecule has 1 aromatic heterocycles. The molecule has 3 rings (SSSR count). The molecule has 1 heterocycles. The number of nitrogens with two attached hydrogens (primary N) is 1. The summed E-state index contributed by atoms with van der Waals surface area (Å²) in [5, 5.41) is 2.43. The highest BCUT2D eigenvalue weighted by Crippen LogP contribution is 2.27. The molecule has 1 unspecified atom stereocenters. The zero-order chi connectivity index (χ0) is 14.8. The molecule has 0 amide bonds. The predicted octanol–water partition coefficient (Wildman–Crippen LogP) is 4.58. The van der Waals surface area contributed by atoms with E-state index in [-0.39, 0.29) is 6.04 Å². The molecular formula is C18H20N2S. The number of para-hydroxylation sites is 1. The summed E-state index contributed by atoms with van der Waals surface area (Å²) in [6.07, 6.45) is 0. The molecule has 0 aliphatic rings. The number of H-pyrrole nitrogens is 1. The largest absolute Gasteiger partial charge is 0.350 e. The molecule has 2 nitrogen and oxygen atoms in total. The van der Waals surface area contributed by atoms with E-state index in [1.54, 1.807) is 11.8 Å². The van der Waals surface area contributed by atoms with Gasteiger partial charge in [-0.05, 0) is 37.1 Å². The van der Waals surface area contributed by atoms with Gasteiger partial charge in [-0.3, -0.25) is 0 Å². The highest BCUT2D eigenvalue weighted by Gasteiger charge is 2.10. The molecule has 0 saturated carbocycles. The SMILES string of the molecule is Cc1ccc(C(N)CSc2cc3ccccc3[nH]2)c(C)c1. The van der Waals surface area contributed by atoms with Gasteiger partial charge in [-0.15, -0.1) is 11.8 Å². The number of aromatic nitrogens is 1. The Labute approximate surface area is 129 Å². The van der Waals surface area contributed by atoms with E-state index in [1.807, 2.05) is 0 Å². The van der Waals surface area contributed by atoms with Crippen molar-refractivity contribution < 1.29 is 0 Å². The maximum Gasteiger partial charge on any atom is 0.0733 e. The lowest BCUT2D eigenvalue weighted by Crippen LogP contribution is -2.14. The predicted molar refractivity (Wildman–Crippen MR) is 91.9 cm³/mol. The molecule has 0 aliphatic heterocycles. The monoisotopic (exact) mass is 296 g/mol. The number of aryl methyl sites for hydroxylation is 2. The first-order valence-corrected chi connectivity index (χ1v) is 8.15. The van der Waals surface area contributed by atoms with Crippen molar-refractivity contribution in [1.82, 2.24) is 4.98 Å². The van der Waals surface area contributed by atoms with Crippen molar-refractivity contribution in [2.24, 2.45) is 5.73 Å². The first-order valence-electron chi connectivity index (χ1n) is 7.17. The summed E-state index contributed by atoms with van der Waals surface area (Å²) in [6.45, 7) is 4.25. The number of hydrogen-bond acceptors (Lipinski definition) is 2. The molecule has 0 saturated heterocycles. The van der Waals surface area contributed by atoms with Crippen LogP contribution in [0.5, 0.6) is 0 Å². The maximum absolute atomic E-state index is 6.35. The number of fused-ring (bicyclic) bond motifs is 1. The Morgan fingerprint density at radius 2 is 1.90 bits per heavy atom. The van der Waals surface area contributed by atoms with Crippen LogP contribution in [0.1, 0.15) is 22.7 Å². The summed E-state index contributed by atoms with van der Waals surface area (Å²) >= 11 is 1.78. The normalized spacial score (nSPS) is 12.7. The van der Waals surface area contributed by atoms with Crippen molar-refractivity contribution in [1.29, 1.82) is 0 Å². The number of thioether (sulfide) groups is 1. The van der Waals surface area contributed by atoms with Crippen LogP contribution in [0.3, 0.4) is 0 Å². The molecule has 3 N–H and O–H groups in total. The Bertz CT molecular complexity index is 728. The maximum atomic E-state index is 6.35. The summed E-state index contributed by atoms with van der Waals surface area (Å²) in [6, 6.07) is 17.1. The van der Waals surface area contributed by atoms with Gasteiger partial charge in [0.05, 0.1) is 5.03 Å². The van der Waals surface area contributed by atoms with Crippen molar-refractivity contribution in [3.05, 3.63) is 65.2 Å². The molecule has 108 valence electrons. The number of benzene rings is 2. The van der Waals surface area contributed by atoms with E-state index >= 15 is 0 Å². The second kappa shape index (κ2) is 5.96. The fraction of sp³-hybridized carbons (Fsp3) is 0.222. The van der Waals surface area contributed by atoms with Gasteiger partial charge in [-0.25, -0.2) is 0 Å². The van der Waals surface area contributed by atoms with Crippen LogP contribution >= 0.6 is 11.8 Å². The van der Waals surface area contributed by atoms with Crippen LogP contribution < -0.4 is 5.73 Å². The number of rotatable bonds is 4. The first-order chi connectivity index (χ1) is 10.1. The van der Waals surface area contributed by atoms with Crippen molar-refractivity contribution >= 4 is 22.7 Å². The molecule has 3 heteroatoms. The van der Waals surface area contributed by atoms with Crippen LogP contribution in [0.4, 0.5) is 0 Å². The lowest BCUT2D eigenvalue weighted by atomic mass is 10.0. The van der Waals surface area contributed by atoms with Crippen molar-refractivity contribution in [2.45, 2.75) is 24.9 Å². The highest BCUT2D eigenvalue weighted by atomic mass is 32.2. The fourth-order valence-corrected chi connectivity index (χ4v) is 3.57. The van der Waals surface area contributed by atoms with Gasteiger partial charge in [0.1, 0.15) is 0 Å². The average molecular weight is 296 g/mol. The van der Waals surface area contributed by atoms with E-state index < -0.39 is 0 Å². The Kier molecular flexibility index (Phi) is 4.04. The standard InChI is InChI=1S/C18H20N2S/c1-12-7-8-15(13(2)9-12)16(19)11-21-18-10-14-5-3-4-6-17(14)20-18/h3-10,16,20H,11,19H2,1-2H3. The lowest BCUT2D eigenvalue weighted by Gasteiger charge is -2.14. The number of aromatic amines is 1. The molecule has 1 atom stereocenters. The molecule has 3 aromatic rings. The fourth-order valence-electron chi connectivity index (χ4n) is 2.64. The van der Waals surface area contributed by atoms with Gasteiger partial charge >= 0.3 is 0 Å². The van der Waals surface area contributed by atoms with Gasteiger partial charge < -0.3 is 10.7 Å². The van der Waals surface area contributed by atoms with Crippen LogP contribution in [0.2, 0.25) is 0 Å². The van der Waals surface area contributed by atoms with Crippen LogP contribution in [0, 0.1) is 13.8 Å². The van der Waals surface area contributed by atoms with Crippen molar-refractivity contribution in [2.75, 3.05) is 5.75 Å². The van der Waals surface area contributed by atoms with Gasteiger partial charge in [-0.2, -0.15) is 0 Å². The second-order valence-corrected chi connectivity index (χ2v) is 6.56. The molecular weight excluding hydrogens is 276 g/mol. The van der Waals surface area contributed by atoms with E-state index in [0.717, 1.165) is 5.75 Å². The van der Waals surface area contributed by atoms with E-state index in [2.05, 4.69) is 67.4 Å². The highest BCUT2D eigenvalue weighted by molar-refractivity contribution is 7.99. The first kappa shape index (κ1) is 14.2. The van der Waals surface area contributed by atoms with E-state index in [4.69, 9.17) is 5.73 Å². The molecule has 0 radical (unpaired) electrons. The van der Waals surface area contributed by atoms with Crippen molar-refractivity contribution in [3.63, 3.8) is 0 Å². The molecule has 0 aliphatic carbocycles. The Balaban J connectivity index is 1.71. The smallest absolute Gasteiger partial charge is 0.0733 e. The Morgan fingerprint density at radius 1 is 1.10 bits per heavy atom. The quantitative estimate of drug-likeness (QED) is 0.692. The minimum Gasteiger partial charge on any atom is -0.350 e. The van der Waals surface area contributed by atoms with E-state index in [0.29, 0.717) is 0 Å². The van der Waals surface area contributed by atoms with Crippen LogP contribution in [-0.2, 0) is 0 Å². The lowest BCUT2D eigenvalue weighted by molar-refractivity contribution is 0.821. The third-order valence-electron chi connectivity index (χ3n) is 3.75. The van der Waals surface area contributed by atoms with Gasteiger partial charge in [0.2, 0.25) is 0 Å². The molecule has 21 heavy (non-hydrogen) atoms.